The minimum atomic E-state index is -2.86. The van der Waals surface area contributed by atoms with Crippen LogP contribution in [0, 0.1) is 6.92 Å². The summed E-state index contributed by atoms with van der Waals surface area (Å²) in [6.45, 7) is 1.32. The molecule has 1 aromatic heterocycles. The second-order valence-corrected chi connectivity index (χ2v) is 6.85. The Morgan fingerprint density at radius 3 is 2.41 bits per heavy atom. The number of nitrogens with one attached hydrogen (secondary N) is 1. The standard InChI is InChI=1S/C23H23F2N3O4/c1-3-31-22(30)20-14-27-28(15(20)2)18-8-6-17(7-9-18)21(29)26-13-12-16-4-10-19(11-5-16)32-23(24)25/h4-11,14,23H,3,12-13H2,1-2H3,(H,26,29). The molecule has 1 N–H and O–H groups in total. The highest BCUT2D eigenvalue weighted by atomic mass is 19.3. The fraction of sp³-hybridized carbons (Fsp3) is 0.261. The first kappa shape index (κ1) is 22.9. The monoisotopic (exact) mass is 443 g/mol. The van der Waals surface area contributed by atoms with Gasteiger partial charge in [0, 0.05) is 12.1 Å². The first-order valence-electron chi connectivity index (χ1n) is 10.0. The third kappa shape index (κ3) is 5.69. The van der Waals surface area contributed by atoms with Crippen molar-refractivity contribution in [1.29, 1.82) is 0 Å². The summed E-state index contributed by atoms with van der Waals surface area (Å²) in [6, 6.07) is 13.1. The summed E-state index contributed by atoms with van der Waals surface area (Å²) in [5.41, 5.74) is 3.10. The Kier molecular flexibility index (Phi) is 7.54. The van der Waals surface area contributed by atoms with Crippen molar-refractivity contribution in [2.24, 2.45) is 0 Å². The predicted octanol–water partition coefficient (Wildman–Crippen LogP) is 3.93. The van der Waals surface area contributed by atoms with Gasteiger partial charge in [0.05, 0.1) is 24.2 Å². The topological polar surface area (TPSA) is 82.5 Å². The summed E-state index contributed by atoms with van der Waals surface area (Å²) in [7, 11) is 0. The van der Waals surface area contributed by atoms with E-state index in [0.29, 0.717) is 35.5 Å². The maximum absolute atomic E-state index is 12.4. The lowest BCUT2D eigenvalue weighted by Crippen LogP contribution is -2.25. The van der Waals surface area contributed by atoms with Gasteiger partial charge in [0.15, 0.2) is 0 Å². The van der Waals surface area contributed by atoms with Gasteiger partial charge in [-0.25, -0.2) is 9.48 Å². The van der Waals surface area contributed by atoms with Crippen LogP contribution in [0.3, 0.4) is 0 Å². The van der Waals surface area contributed by atoms with E-state index in [1.54, 1.807) is 54.9 Å². The Morgan fingerprint density at radius 2 is 1.78 bits per heavy atom. The Labute approximate surface area is 184 Å². The lowest BCUT2D eigenvalue weighted by Gasteiger charge is -2.09. The summed E-state index contributed by atoms with van der Waals surface area (Å²) in [5.74, 6) is -0.572. The zero-order valence-electron chi connectivity index (χ0n) is 17.7. The number of aromatic nitrogens is 2. The molecule has 0 bridgehead atoms. The molecule has 9 heteroatoms. The molecule has 0 aliphatic carbocycles. The molecule has 32 heavy (non-hydrogen) atoms. The van der Waals surface area contributed by atoms with Crippen LogP contribution in [0.15, 0.2) is 54.7 Å². The van der Waals surface area contributed by atoms with Crippen LogP contribution in [-0.4, -0.2) is 41.4 Å². The van der Waals surface area contributed by atoms with Gasteiger partial charge in [0.25, 0.3) is 5.91 Å². The minimum Gasteiger partial charge on any atom is -0.462 e. The van der Waals surface area contributed by atoms with Crippen molar-refractivity contribution < 1.29 is 27.8 Å². The molecular weight excluding hydrogens is 420 g/mol. The zero-order valence-corrected chi connectivity index (χ0v) is 17.7. The largest absolute Gasteiger partial charge is 0.462 e. The van der Waals surface area contributed by atoms with E-state index in [0.717, 1.165) is 5.56 Å². The van der Waals surface area contributed by atoms with Crippen LogP contribution >= 0.6 is 0 Å². The number of esters is 1. The molecule has 0 saturated heterocycles. The predicted molar refractivity (Wildman–Crippen MR) is 113 cm³/mol. The summed E-state index contributed by atoms with van der Waals surface area (Å²) in [4.78, 5) is 24.3. The van der Waals surface area contributed by atoms with Crippen LogP contribution in [0.2, 0.25) is 0 Å². The van der Waals surface area contributed by atoms with Crippen LogP contribution in [0.4, 0.5) is 8.78 Å². The second-order valence-electron chi connectivity index (χ2n) is 6.85. The molecule has 0 unspecified atom stereocenters. The molecular formula is C23H23F2N3O4. The summed E-state index contributed by atoms with van der Waals surface area (Å²) in [5, 5.41) is 7.06. The van der Waals surface area contributed by atoms with E-state index >= 15 is 0 Å². The SMILES string of the molecule is CCOC(=O)c1cnn(-c2ccc(C(=O)NCCc3ccc(OC(F)F)cc3)cc2)c1C. The van der Waals surface area contributed by atoms with Crippen LogP contribution in [0.25, 0.3) is 5.69 Å². The molecule has 0 saturated carbocycles. The van der Waals surface area contributed by atoms with Gasteiger partial charge < -0.3 is 14.8 Å². The minimum absolute atomic E-state index is 0.0923. The number of rotatable bonds is 9. The number of halogens is 2. The van der Waals surface area contributed by atoms with E-state index in [4.69, 9.17) is 4.74 Å². The number of ether oxygens (including phenoxy) is 2. The van der Waals surface area contributed by atoms with Gasteiger partial charge in [-0.15, -0.1) is 0 Å². The number of hydrogen-bond donors (Lipinski definition) is 1. The normalized spacial score (nSPS) is 10.8. The average molecular weight is 443 g/mol. The third-order valence-corrected chi connectivity index (χ3v) is 4.73. The van der Waals surface area contributed by atoms with Crippen molar-refractivity contribution in [1.82, 2.24) is 15.1 Å². The molecule has 0 fully saturated rings. The van der Waals surface area contributed by atoms with Crippen molar-refractivity contribution >= 4 is 11.9 Å². The Bertz CT molecular complexity index is 1060. The fourth-order valence-electron chi connectivity index (χ4n) is 3.09. The number of carbonyl (C=O) groups is 2. The Hall–Kier alpha value is -3.75. The summed E-state index contributed by atoms with van der Waals surface area (Å²) < 4.78 is 35.3. The van der Waals surface area contributed by atoms with E-state index in [2.05, 4.69) is 15.2 Å². The molecule has 3 aromatic rings. The lowest BCUT2D eigenvalue weighted by atomic mass is 10.1. The quantitative estimate of drug-likeness (QED) is 0.507. The van der Waals surface area contributed by atoms with E-state index < -0.39 is 12.6 Å². The first-order valence-corrected chi connectivity index (χ1v) is 10.0. The van der Waals surface area contributed by atoms with Crippen molar-refractivity contribution in [3.63, 3.8) is 0 Å². The van der Waals surface area contributed by atoms with Gasteiger partial charge in [-0.2, -0.15) is 13.9 Å². The molecule has 2 aromatic carbocycles. The number of nitrogens with zero attached hydrogens (tertiary/aromatic N) is 2. The first-order chi connectivity index (χ1) is 15.4. The van der Waals surface area contributed by atoms with E-state index in [-0.39, 0.29) is 18.3 Å². The van der Waals surface area contributed by atoms with Crippen LogP contribution in [0.1, 0.15) is 38.9 Å². The highest BCUT2D eigenvalue weighted by Crippen LogP contribution is 2.17. The van der Waals surface area contributed by atoms with Crippen LogP contribution in [0.5, 0.6) is 5.75 Å². The average Bonchev–Trinajstić information content (AvgIpc) is 3.16. The van der Waals surface area contributed by atoms with Crippen molar-refractivity contribution in [2.75, 3.05) is 13.2 Å². The van der Waals surface area contributed by atoms with Crippen molar-refractivity contribution in [3.05, 3.63) is 77.1 Å². The summed E-state index contributed by atoms with van der Waals surface area (Å²) in [6.07, 6.45) is 2.00. The zero-order chi connectivity index (χ0) is 23.1. The summed E-state index contributed by atoms with van der Waals surface area (Å²) >= 11 is 0. The second kappa shape index (κ2) is 10.5. The highest BCUT2D eigenvalue weighted by Gasteiger charge is 2.16. The molecule has 1 amide bonds. The number of benzene rings is 2. The third-order valence-electron chi connectivity index (χ3n) is 4.73. The van der Waals surface area contributed by atoms with Gasteiger partial charge in [0.1, 0.15) is 11.3 Å². The maximum Gasteiger partial charge on any atom is 0.387 e. The number of carbonyl (C=O) groups excluding carboxylic acids is 2. The van der Waals surface area contributed by atoms with E-state index in [9.17, 15) is 18.4 Å². The lowest BCUT2D eigenvalue weighted by molar-refractivity contribution is -0.0498. The smallest absolute Gasteiger partial charge is 0.387 e. The van der Waals surface area contributed by atoms with E-state index in [1.165, 1.54) is 18.3 Å². The molecule has 0 radical (unpaired) electrons. The number of alkyl halides is 2. The van der Waals surface area contributed by atoms with Gasteiger partial charge in [-0.05, 0) is 62.2 Å². The molecule has 168 valence electrons. The van der Waals surface area contributed by atoms with Crippen LogP contribution in [-0.2, 0) is 11.2 Å². The van der Waals surface area contributed by atoms with Crippen molar-refractivity contribution in [2.45, 2.75) is 26.9 Å². The Balaban J connectivity index is 1.56. The van der Waals surface area contributed by atoms with Crippen molar-refractivity contribution in [3.8, 4) is 11.4 Å². The molecule has 1 heterocycles. The highest BCUT2D eigenvalue weighted by molar-refractivity contribution is 5.94. The number of hydrogen-bond acceptors (Lipinski definition) is 5. The van der Waals surface area contributed by atoms with Crippen LogP contribution < -0.4 is 10.1 Å². The molecule has 0 atom stereocenters. The van der Waals surface area contributed by atoms with Gasteiger partial charge in [-0.3, -0.25) is 4.79 Å². The van der Waals surface area contributed by atoms with Gasteiger partial charge in [0.2, 0.25) is 0 Å². The molecule has 7 nitrogen and oxygen atoms in total. The Morgan fingerprint density at radius 1 is 1.09 bits per heavy atom. The fourth-order valence-corrected chi connectivity index (χ4v) is 3.09. The number of amides is 1. The maximum atomic E-state index is 12.4. The molecule has 0 aliphatic rings. The van der Waals surface area contributed by atoms with Gasteiger partial charge in [-0.1, -0.05) is 12.1 Å². The molecule has 0 spiro atoms. The van der Waals surface area contributed by atoms with E-state index in [1.807, 2.05) is 0 Å². The van der Waals surface area contributed by atoms with Gasteiger partial charge >= 0.3 is 12.6 Å². The molecule has 0 aliphatic heterocycles. The molecule has 3 rings (SSSR count).